The van der Waals surface area contributed by atoms with Crippen LogP contribution in [0.2, 0.25) is 0 Å². The Morgan fingerprint density at radius 3 is 2.46 bits per heavy atom. The van der Waals surface area contributed by atoms with Crippen molar-refractivity contribution in [3.63, 3.8) is 0 Å². The molecule has 2 aromatic carbocycles. The Labute approximate surface area is 160 Å². The molecule has 0 heterocycles. The highest BCUT2D eigenvalue weighted by Gasteiger charge is 2.10. The molecule has 0 radical (unpaired) electrons. The van der Waals surface area contributed by atoms with Crippen LogP contribution < -0.4 is 15.4 Å². The van der Waals surface area contributed by atoms with Gasteiger partial charge in [0.25, 0.3) is 0 Å². The zero-order valence-corrected chi connectivity index (χ0v) is 15.9. The number of ether oxygens (including phenoxy) is 1. The molecule has 2 rings (SSSR count). The van der Waals surface area contributed by atoms with E-state index in [0.29, 0.717) is 12.4 Å². The Balaban J connectivity index is 2.39. The third-order valence-corrected chi connectivity index (χ3v) is 4.27. The van der Waals surface area contributed by atoms with E-state index in [1.165, 1.54) is 0 Å². The van der Waals surface area contributed by atoms with Crippen molar-refractivity contribution in [1.82, 2.24) is 0 Å². The number of rotatable bonds is 8. The van der Waals surface area contributed by atoms with Gasteiger partial charge in [-0.05, 0) is 37.6 Å². The van der Waals surface area contributed by atoms with E-state index in [4.69, 9.17) is 22.7 Å². The van der Waals surface area contributed by atoms with Gasteiger partial charge in [-0.2, -0.15) is 5.26 Å². The summed E-state index contributed by atoms with van der Waals surface area (Å²) in [7, 11) is 0. The highest BCUT2D eigenvalue weighted by Crippen LogP contribution is 2.28. The van der Waals surface area contributed by atoms with Crippen LogP contribution in [0.25, 0.3) is 6.08 Å². The van der Waals surface area contributed by atoms with E-state index >= 15 is 0 Å². The second kappa shape index (κ2) is 9.59. The van der Waals surface area contributed by atoms with Gasteiger partial charge in [-0.15, -0.1) is 0 Å². The molecule has 0 atom stereocenters. The Kier molecular flexibility index (Phi) is 7.19. The summed E-state index contributed by atoms with van der Waals surface area (Å²) >= 11 is 4.94. The van der Waals surface area contributed by atoms with E-state index in [1.54, 1.807) is 6.08 Å². The Morgan fingerprint density at radius 1 is 1.19 bits per heavy atom. The average molecular weight is 366 g/mol. The number of hydrogen-bond acceptors (Lipinski definition) is 4. The lowest BCUT2D eigenvalue weighted by molar-refractivity contribution is 0.305. The van der Waals surface area contributed by atoms with Crippen molar-refractivity contribution in [3.05, 3.63) is 65.2 Å². The topological polar surface area (TPSA) is 62.3 Å². The van der Waals surface area contributed by atoms with Crippen molar-refractivity contribution < 1.29 is 4.74 Å². The molecule has 5 heteroatoms. The lowest BCUT2D eigenvalue weighted by Gasteiger charge is -2.22. The SMILES string of the molecule is CCN(CC)c1ccc(C=C(C#N)C(N)=S)c(OCc2ccccc2)c1. The Morgan fingerprint density at radius 2 is 1.88 bits per heavy atom. The molecular weight excluding hydrogens is 342 g/mol. The quantitative estimate of drug-likeness (QED) is 0.429. The van der Waals surface area contributed by atoms with Crippen molar-refractivity contribution in [2.24, 2.45) is 5.73 Å². The normalized spacial score (nSPS) is 10.9. The van der Waals surface area contributed by atoms with Gasteiger partial charge in [0.15, 0.2) is 0 Å². The van der Waals surface area contributed by atoms with Gasteiger partial charge < -0.3 is 15.4 Å². The number of hydrogen-bond donors (Lipinski definition) is 1. The summed E-state index contributed by atoms with van der Waals surface area (Å²) in [6.07, 6.45) is 1.68. The lowest BCUT2D eigenvalue weighted by Crippen LogP contribution is -2.21. The molecular formula is C21H23N3OS. The van der Waals surface area contributed by atoms with Gasteiger partial charge in [-0.3, -0.25) is 0 Å². The maximum atomic E-state index is 9.24. The molecule has 0 saturated carbocycles. The fourth-order valence-corrected chi connectivity index (χ4v) is 2.71. The van der Waals surface area contributed by atoms with E-state index in [0.717, 1.165) is 29.9 Å². The highest BCUT2D eigenvalue weighted by molar-refractivity contribution is 7.80. The Hall–Kier alpha value is -2.84. The predicted molar refractivity (Wildman–Crippen MR) is 111 cm³/mol. The molecule has 0 aliphatic heterocycles. The predicted octanol–water partition coefficient (Wildman–Crippen LogP) is 4.30. The summed E-state index contributed by atoms with van der Waals surface area (Å²) in [5.41, 5.74) is 8.81. The summed E-state index contributed by atoms with van der Waals surface area (Å²) in [6.45, 7) is 6.48. The molecule has 134 valence electrons. The van der Waals surface area contributed by atoms with E-state index in [9.17, 15) is 5.26 Å². The van der Waals surface area contributed by atoms with Crippen molar-refractivity contribution in [1.29, 1.82) is 5.26 Å². The van der Waals surface area contributed by atoms with Crippen LogP contribution >= 0.6 is 12.2 Å². The van der Waals surface area contributed by atoms with E-state index in [2.05, 4.69) is 18.7 Å². The first-order chi connectivity index (χ1) is 12.6. The van der Waals surface area contributed by atoms with E-state index in [-0.39, 0.29) is 10.6 Å². The molecule has 0 amide bonds. The molecule has 4 nitrogen and oxygen atoms in total. The monoisotopic (exact) mass is 365 g/mol. The zero-order valence-electron chi connectivity index (χ0n) is 15.1. The van der Waals surface area contributed by atoms with E-state index in [1.807, 2.05) is 54.6 Å². The number of nitriles is 1. The summed E-state index contributed by atoms with van der Waals surface area (Å²) in [6, 6.07) is 17.9. The molecule has 0 aliphatic rings. The van der Waals surface area contributed by atoms with Crippen molar-refractivity contribution in [3.8, 4) is 11.8 Å². The number of nitrogens with two attached hydrogens (primary N) is 1. The van der Waals surface area contributed by atoms with Crippen LogP contribution in [0.3, 0.4) is 0 Å². The van der Waals surface area contributed by atoms with Crippen LogP contribution in [-0.2, 0) is 6.61 Å². The first-order valence-corrected chi connectivity index (χ1v) is 8.97. The fraction of sp³-hybridized carbons (Fsp3) is 0.238. The summed E-state index contributed by atoms with van der Waals surface area (Å²) < 4.78 is 6.06. The zero-order chi connectivity index (χ0) is 18.9. The third kappa shape index (κ3) is 5.08. The minimum atomic E-state index is 0.0781. The third-order valence-electron chi connectivity index (χ3n) is 4.05. The molecule has 2 N–H and O–H groups in total. The van der Waals surface area contributed by atoms with Crippen molar-refractivity contribution in [2.45, 2.75) is 20.5 Å². The second-order valence-electron chi connectivity index (χ2n) is 5.70. The first-order valence-electron chi connectivity index (χ1n) is 8.56. The molecule has 0 aliphatic carbocycles. The fourth-order valence-electron chi connectivity index (χ4n) is 2.60. The highest BCUT2D eigenvalue weighted by atomic mass is 32.1. The first kappa shape index (κ1) is 19.5. The van der Waals surface area contributed by atoms with Gasteiger partial charge in [-0.1, -0.05) is 42.5 Å². The summed E-state index contributed by atoms with van der Waals surface area (Å²) in [5, 5.41) is 9.24. The second-order valence-corrected chi connectivity index (χ2v) is 6.14. The molecule has 0 fully saturated rings. The standard InChI is InChI=1S/C21H23N3OS/c1-3-24(4-2)19-11-10-17(12-18(14-22)21(23)26)20(13-19)25-15-16-8-6-5-7-9-16/h5-13H,3-4,15H2,1-2H3,(H2,23,26). The lowest BCUT2D eigenvalue weighted by atomic mass is 10.1. The summed E-state index contributed by atoms with van der Waals surface area (Å²) in [4.78, 5) is 2.32. The number of nitrogens with zero attached hydrogens (tertiary/aromatic N) is 2. The maximum Gasteiger partial charge on any atom is 0.129 e. The average Bonchev–Trinajstić information content (AvgIpc) is 2.67. The van der Waals surface area contributed by atoms with Crippen LogP contribution in [0, 0.1) is 11.3 Å². The van der Waals surface area contributed by atoms with Crippen LogP contribution in [0.4, 0.5) is 5.69 Å². The Bertz CT molecular complexity index is 821. The van der Waals surface area contributed by atoms with Gasteiger partial charge in [0.1, 0.15) is 23.4 Å². The number of anilines is 1. The van der Waals surface area contributed by atoms with Crippen molar-refractivity contribution >= 4 is 29.0 Å². The summed E-state index contributed by atoms with van der Waals surface area (Å²) in [5.74, 6) is 0.697. The van der Waals surface area contributed by atoms with E-state index < -0.39 is 0 Å². The molecule has 0 aromatic heterocycles. The maximum absolute atomic E-state index is 9.24. The largest absolute Gasteiger partial charge is 0.488 e. The molecule has 0 bridgehead atoms. The van der Waals surface area contributed by atoms with Crippen LogP contribution in [0.1, 0.15) is 25.0 Å². The molecule has 2 aromatic rings. The minimum absolute atomic E-state index is 0.0781. The number of benzene rings is 2. The number of thiocarbonyl (C=S) groups is 1. The smallest absolute Gasteiger partial charge is 0.129 e. The van der Waals surface area contributed by atoms with Gasteiger partial charge in [-0.25, -0.2) is 0 Å². The molecule has 0 saturated heterocycles. The minimum Gasteiger partial charge on any atom is -0.488 e. The van der Waals surface area contributed by atoms with Gasteiger partial charge >= 0.3 is 0 Å². The molecule has 26 heavy (non-hydrogen) atoms. The molecule has 0 unspecified atom stereocenters. The van der Waals surface area contributed by atoms with Gasteiger partial charge in [0, 0.05) is 30.4 Å². The molecule has 0 spiro atoms. The van der Waals surface area contributed by atoms with Gasteiger partial charge in [0.05, 0.1) is 5.57 Å². The van der Waals surface area contributed by atoms with Crippen molar-refractivity contribution in [2.75, 3.05) is 18.0 Å². The van der Waals surface area contributed by atoms with Crippen LogP contribution in [0.15, 0.2) is 54.1 Å². The van der Waals surface area contributed by atoms with Gasteiger partial charge in [0.2, 0.25) is 0 Å². The van der Waals surface area contributed by atoms with Crippen LogP contribution in [0.5, 0.6) is 5.75 Å². The van der Waals surface area contributed by atoms with Crippen LogP contribution in [-0.4, -0.2) is 18.1 Å².